The fourth-order valence-electron chi connectivity index (χ4n) is 2.40. The average Bonchev–Trinajstić information content (AvgIpc) is 2.40. The van der Waals surface area contributed by atoms with Crippen molar-refractivity contribution in [3.05, 3.63) is 12.4 Å². The highest BCUT2D eigenvalue weighted by molar-refractivity contribution is 7.99. The molecule has 0 aromatic carbocycles. The van der Waals surface area contributed by atoms with Gasteiger partial charge in [-0.25, -0.2) is 4.98 Å². The largest absolute Gasteiger partial charge is 0.369 e. The number of hydrogen-bond acceptors (Lipinski definition) is 5. The molecule has 1 aliphatic rings. The van der Waals surface area contributed by atoms with E-state index in [1.807, 2.05) is 18.0 Å². The van der Waals surface area contributed by atoms with Crippen LogP contribution in [0.2, 0.25) is 0 Å². The molecule has 1 aliphatic carbocycles. The molecule has 1 aromatic rings. The second-order valence-electron chi connectivity index (χ2n) is 4.69. The summed E-state index contributed by atoms with van der Waals surface area (Å²) in [6.07, 6.45) is 10.9. The topological polar surface area (TPSA) is 49.8 Å². The minimum Gasteiger partial charge on any atom is -0.369 e. The van der Waals surface area contributed by atoms with E-state index in [1.54, 1.807) is 6.20 Å². The molecular weight excluding hydrogens is 244 g/mol. The van der Waals surface area contributed by atoms with Gasteiger partial charge in [0, 0.05) is 17.8 Å². The first-order valence-electron chi connectivity index (χ1n) is 6.67. The van der Waals surface area contributed by atoms with Crippen molar-refractivity contribution in [1.29, 1.82) is 0 Å². The minimum atomic E-state index is 0.544. The highest BCUT2D eigenvalue weighted by Gasteiger charge is 2.21. The normalized spacial score (nSPS) is 23.7. The van der Waals surface area contributed by atoms with Crippen LogP contribution < -0.4 is 10.6 Å². The molecule has 0 bridgehead atoms. The van der Waals surface area contributed by atoms with Gasteiger partial charge in [0.25, 0.3) is 0 Å². The van der Waals surface area contributed by atoms with Gasteiger partial charge in [-0.05, 0) is 32.4 Å². The quantitative estimate of drug-likeness (QED) is 0.858. The lowest BCUT2D eigenvalue weighted by molar-refractivity contribution is 0.472. The first-order chi connectivity index (χ1) is 8.81. The van der Waals surface area contributed by atoms with E-state index >= 15 is 0 Å². The van der Waals surface area contributed by atoms with Crippen molar-refractivity contribution in [2.45, 2.75) is 43.9 Å². The third-order valence-corrected chi connectivity index (χ3v) is 4.40. The summed E-state index contributed by atoms with van der Waals surface area (Å²) in [5, 5.41) is 7.50. The van der Waals surface area contributed by atoms with E-state index in [4.69, 9.17) is 0 Å². The van der Waals surface area contributed by atoms with Crippen LogP contribution in [-0.4, -0.2) is 34.1 Å². The van der Waals surface area contributed by atoms with Crippen molar-refractivity contribution in [2.75, 3.05) is 23.4 Å². The summed E-state index contributed by atoms with van der Waals surface area (Å²) in [6, 6.07) is 0.544. The predicted molar refractivity (Wildman–Crippen MR) is 79.4 cm³/mol. The number of rotatable bonds is 5. The van der Waals surface area contributed by atoms with Crippen LogP contribution in [0.5, 0.6) is 0 Å². The molecule has 0 spiro atoms. The van der Waals surface area contributed by atoms with Crippen LogP contribution >= 0.6 is 11.8 Å². The molecule has 18 heavy (non-hydrogen) atoms. The van der Waals surface area contributed by atoms with E-state index in [1.165, 1.54) is 25.7 Å². The van der Waals surface area contributed by atoms with Crippen molar-refractivity contribution >= 4 is 23.4 Å². The molecule has 2 atom stereocenters. The first-order valence-corrected chi connectivity index (χ1v) is 7.96. The van der Waals surface area contributed by atoms with Crippen molar-refractivity contribution < 1.29 is 0 Å². The van der Waals surface area contributed by atoms with Crippen molar-refractivity contribution in [1.82, 2.24) is 9.97 Å². The molecule has 2 unspecified atom stereocenters. The Morgan fingerprint density at radius 3 is 2.94 bits per heavy atom. The van der Waals surface area contributed by atoms with Crippen molar-refractivity contribution in [3.8, 4) is 0 Å². The smallest absolute Gasteiger partial charge is 0.147 e. The molecule has 100 valence electrons. The van der Waals surface area contributed by atoms with Gasteiger partial charge >= 0.3 is 0 Å². The minimum absolute atomic E-state index is 0.544. The molecule has 4 nitrogen and oxygen atoms in total. The Morgan fingerprint density at radius 2 is 2.17 bits per heavy atom. The summed E-state index contributed by atoms with van der Waals surface area (Å²) in [7, 11) is 0. The van der Waals surface area contributed by atoms with Crippen LogP contribution in [0.3, 0.4) is 0 Å². The number of thioether (sulfide) groups is 1. The maximum atomic E-state index is 4.52. The Labute approximate surface area is 113 Å². The van der Waals surface area contributed by atoms with Crippen LogP contribution in [0.15, 0.2) is 12.4 Å². The SMILES string of the molecule is CCNc1cncc(NC2CCCC(SC)C2)n1. The van der Waals surface area contributed by atoms with Crippen molar-refractivity contribution in [2.24, 2.45) is 0 Å². The molecule has 2 N–H and O–H groups in total. The standard InChI is InChI=1S/C13H22N4S/c1-3-15-12-8-14-9-13(17-12)16-10-5-4-6-11(7-10)18-2/h8-11H,3-7H2,1-2H3,(H2,15,16,17). The summed E-state index contributed by atoms with van der Waals surface area (Å²) in [4.78, 5) is 8.73. The highest BCUT2D eigenvalue weighted by Crippen LogP contribution is 2.28. The van der Waals surface area contributed by atoms with Gasteiger partial charge in [-0.1, -0.05) is 6.42 Å². The van der Waals surface area contributed by atoms with E-state index in [2.05, 4.69) is 33.8 Å². The van der Waals surface area contributed by atoms with Gasteiger partial charge in [0.2, 0.25) is 0 Å². The second kappa shape index (κ2) is 6.83. The molecule has 2 rings (SSSR count). The second-order valence-corrected chi connectivity index (χ2v) is 5.82. The van der Waals surface area contributed by atoms with Gasteiger partial charge in [-0.15, -0.1) is 0 Å². The Morgan fingerprint density at radius 1 is 1.33 bits per heavy atom. The number of anilines is 2. The maximum Gasteiger partial charge on any atom is 0.147 e. The molecular formula is C13H22N4S. The molecule has 0 radical (unpaired) electrons. The Bertz CT molecular complexity index is 372. The number of nitrogens with zero attached hydrogens (tertiary/aromatic N) is 2. The Hall–Kier alpha value is -0.970. The summed E-state index contributed by atoms with van der Waals surface area (Å²) >= 11 is 1.98. The molecule has 1 saturated carbocycles. The number of aromatic nitrogens is 2. The molecule has 5 heteroatoms. The monoisotopic (exact) mass is 266 g/mol. The van der Waals surface area contributed by atoms with Crippen LogP contribution in [0, 0.1) is 0 Å². The molecule has 0 amide bonds. The zero-order valence-electron chi connectivity index (χ0n) is 11.1. The van der Waals surface area contributed by atoms with E-state index in [9.17, 15) is 0 Å². The van der Waals surface area contributed by atoms with Gasteiger partial charge in [-0.2, -0.15) is 11.8 Å². The van der Waals surface area contributed by atoms with Crippen LogP contribution in [0.25, 0.3) is 0 Å². The number of nitrogens with one attached hydrogen (secondary N) is 2. The van der Waals surface area contributed by atoms with Crippen LogP contribution in [0.1, 0.15) is 32.6 Å². The Balaban J connectivity index is 1.93. The third-order valence-electron chi connectivity index (χ3n) is 3.30. The summed E-state index contributed by atoms with van der Waals surface area (Å²) in [6.45, 7) is 2.93. The zero-order valence-corrected chi connectivity index (χ0v) is 12.0. The first kappa shape index (κ1) is 13.5. The van der Waals surface area contributed by atoms with E-state index in [0.717, 1.165) is 23.4 Å². The van der Waals surface area contributed by atoms with Gasteiger partial charge < -0.3 is 10.6 Å². The summed E-state index contributed by atoms with van der Waals surface area (Å²) in [5.74, 6) is 1.74. The highest BCUT2D eigenvalue weighted by atomic mass is 32.2. The van der Waals surface area contributed by atoms with Gasteiger partial charge in [0.05, 0.1) is 12.4 Å². The van der Waals surface area contributed by atoms with Crippen LogP contribution in [0.4, 0.5) is 11.6 Å². The van der Waals surface area contributed by atoms with Gasteiger partial charge in [0.1, 0.15) is 11.6 Å². The maximum absolute atomic E-state index is 4.52. The average molecular weight is 266 g/mol. The molecule has 0 aliphatic heterocycles. The van der Waals surface area contributed by atoms with E-state index in [-0.39, 0.29) is 0 Å². The fourth-order valence-corrected chi connectivity index (χ4v) is 3.23. The summed E-state index contributed by atoms with van der Waals surface area (Å²) in [5.41, 5.74) is 0. The molecule has 1 aromatic heterocycles. The molecule has 1 heterocycles. The lowest BCUT2D eigenvalue weighted by Crippen LogP contribution is -2.29. The lowest BCUT2D eigenvalue weighted by Gasteiger charge is -2.29. The van der Waals surface area contributed by atoms with Gasteiger partial charge in [0.15, 0.2) is 0 Å². The van der Waals surface area contributed by atoms with Crippen LogP contribution in [-0.2, 0) is 0 Å². The molecule has 1 fully saturated rings. The number of hydrogen-bond donors (Lipinski definition) is 2. The third kappa shape index (κ3) is 3.77. The lowest BCUT2D eigenvalue weighted by atomic mass is 9.95. The zero-order chi connectivity index (χ0) is 12.8. The van der Waals surface area contributed by atoms with E-state index < -0.39 is 0 Å². The van der Waals surface area contributed by atoms with Gasteiger partial charge in [-0.3, -0.25) is 4.98 Å². The summed E-state index contributed by atoms with van der Waals surface area (Å²) < 4.78 is 0. The Kier molecular flexibility index (Phi) is 5.11. The predicted octanol–water partition coefficient (Wildman–Crippen LogP) is 2.99. The van der Waals surface area contributed by atoms with Crippen molar-refractivity contribution in [3.63, 3.8) is 0 Å². The molecule has 0 saturated heterocycles. The van der Waals surface area contributed by atoms with E-state index in [0.29, 0.717) is 6.04 Å². The fraction of sp³-hybridized carbons (Fsp3) is 0.692.